The predicted octanol–water partition coefficient (Wildman–Crippen LogP) is 5.21. The van der Waals surface area contributed by atoms with Crippen LogP contribution in [0, 0.1) is 11.8 Å². The fourth-order valence-corrected chi connectivity index (χ4v) is 5.67. The van der Waals surface area contributed by atoms with Crippen LogP contribution in [0.2, 0.25) is 0 Å². The van der Waals surface area contributed by atoms with Gasteiger partial charge >= 0.3 is 0 Å². The van der Waals surface area contributed by atoms with E-state index in [0.29, 0.717) is 12.0 Å². The maximum absolute atomic E-state index is 5.37. The summed E-state index contributed by atoms with van der Waals surface area (Å²) in [7, 11) is 1.73. The average molecular weight is 415 g/mol. The van der Waals surface area contributed by atoms with Gasteiger partial charge in [0.25, 0.3) is 0 Å². The highest BCUT2D eigenvalue weighted by Gasteiger charge is 2.36. The molecule has 3 heteroatoms. The highest BCUT2D eigenvalue weighted by Crippen LogP contribution is 2.44. The van der Waals surface area contributed by atoms with Crippen LogP contribution >= 0.6 is 0 Å². The lowest BCUT2D eigenvalue weighted by atomic mass is 9.81. The van der Waals surface area contributed by atoms with Crippen LogP contribution < -0.4 is 4.74 Å². The summed E-state index contributed by atoms with van der Waals surface area (Å²) in [4.78, 5) is 5.26. The second-order valence-electron chi connectivity index (χ2n) is 9.28. The summed E-state index contributed by atoms with van der Waals surface area (Å²) in [5.41, 5.74) is 5.56. The van der Waals surface area contributed by atoms with Crippen LogP contribution in [-0.2, 0) is 0 Å². The van der Waals surface area contributed by atoms with Gasteiger partial charge in [-0.1, -0.05) is 36.5 Å². The minimum Gasteiger partial charge on any atom is -0.497 e. The molecule has 3 aliphatic rings. The highest BCUT2D eigenvalue weighted by atomic mass is 16.5. The summed E-state index contributed by atoms with van der Waals surface area (Å²) in [6.45, 7) is 5.96. The van der Waals surface area contributed by atoms with E-state index < -0.39 is 0 Å². The molecule has 0 aromatic heterocycles. The molecule has 0 amide bonds. The van der Waals surface area contributed by atoms with Crippen molar-refractivity contribution >= 4 is 0 Å². The highest BCUT2D eigenvalue weighted by molar-refractivity contribution is 5.49. The Kier molecular flexibility index (Phi) is 6.30. The molecule has 3 aliphatic heterocycles. The number of methoxy groups -OCH3 is 1. The molecule has 2 fully saturated rings. The molecule has 2 atom stereocenters. The van der Waals surface area contributed by atoms with Crippen LogP contribution in [0.5, 0.6) is 5.75 Å². The molecule has 0 unspecified atom stereocenters. The Balaban J connectivity index is 1.36. The van der Waals surface area contributed by atoms with E-state index in [9.17, 15) is 0 Å². The van der Waals surface area contributed by atoms with Crippen molar-refractivity contribution in [3.8, 4) is 17.6 Å². The Labute approximate surface area is 187 Å². The number of ether oxygens (including phenoxy) is 1. The Morgan fingerprint density at radius 1 is 0.935 bits per heavy atom. The molecule has 0 N–H and O–H groups in total. The monoisotopic (exact) mass is 414 g/mol. The number of rotatable bonds is 4. The van der Waals surface area contributed by atoms with Gasteiger partial charge in [0.1, 0.15) is 5.75 Å². The van der Waals surface area contributed by atoms with E-state index in [4.69, 9.17) is 4.74 Å². The molecular formula is C28H34N2O. The number of nitrogens with zero attached hydrogens (tertiary/aromatic N) is 2. The molecule has 0 spiro atoms. The van der Waals surface area contributed by atoms with Crippen molar-refractivity contribution in [3.63, 3.8) is 0 Å². The van der Waals surface area contributed by atoms with Gasteiger partial charge in [0, 0.05) is 37.0 Å². The zero-order valence-corrected chi connectivity index (χ0v) is 18.8. The third-order valence-corrected chi connectivity index (χ3v) is 7.35. The molecule has 5 rings (SSSR count). The van der Waals surface area contributed by atoms with Crippen LogP contribution in [0.25, 0.3) is 0 Å². The van der Waals surface area contributed by atoms with Crippen LogP contribution in [-0.4, -0.2) is 49.6 Å². The molecule has 0 radical (unpaired) electrons. The Hall–Kier alpha value is -2.28. The molecule has 2 aromatic carbocycles. The van der Waals surface area contributed by atoms with Gasteiger partial charge in [0.15, 0.2) is 0 Å². The van der Waals surface area contributed by atoms with Crippen LogP contribution in [0.3, 0.4) is 0 Å². The molecule has 3 nitrogen and oxygen atoms in total. The second-order valence-corrected chi connectivity index (χ2v) is 9.28. The van der Waals surface area contributed by atoms with E-state index in [1.54, 1.807) is 7.11 Å². The molecule has 0 bridgehead atoms. The van der Waals surface area contributed by atoms with Crippen molar-refractivity contribution in [1.29, 1.82) is 0 Å². The van der Waals surface area contributed by atoms with Crippen molar-refractivity contribution in [2.24, 2.45) is 0 Å². The third-order valence-electron chi connectivity index (χ3n) is 7.35. The molecule has 3 heterocycles. The first-order valence-electron chi connectivity index (χ1n) is 12.0. The van der Waals surface area contributed by atoms with Gasteiger partial charge in [-0.05, 0) is 86.3 Å². The van der Waals surface area contributed by atoms with Crippen molar-refractivity contribution in [1.82, 2.24) is 9.80 Å². The third kappa shape index (κ3) is 4.52. The van der Waals surface area contributed by atoms with E-state index in [1.165, 1.54) is 74.0 Å². The van der Waals surface area contributed by atoms with E-state index in [2.05, 4.69) is 64.1 Å². The number of hydrogen-bond acceptors (Lipinski definition) is 3. The minimum absolute atomic E-state index is 0.427. The fourth-order valence-electron chi connectivity index (χ4n) is 5.67. The predicted molar refractivity (Wildman–Crippen MR) is 127 cm³/mol. The summed E-state index contributed by atoms with van der Waals surface area (Å²) < 4.78 is 5.37. The molecule has 2 saturated heterocycles. The minimum atomic E-state index is 0.427. The topological polar surface area (TPSA) is 15.7 Å². The molecule has 0 aliphatic carbocycles. The van der Waals surface area contributed by atoms with Crippen LogP contribution in [0.4, 0.5) is 0 Å². The standard InChI is InChI=1S/C28H34N2O/c1-31-24-13-11-23(12-14-24)27-21-30-19-7-9-28(30)26-20-22(10-15-25(26)27)8-3-6-18-29-16-4-2-5-17-29/h10-15,20,27-28H,2,4-7,9,16-19,21H2,1H3/t27-,28-/m0/s1. The normalized spacial score (nSPS) is 23.5. The lowest BCUT2D eigenvalue weighted by Gasteiger charge is -2.37. The van der Waals surface area contributed by atoms with E-state index in [0.717, 1.165) is 25.3 Å². The Morgan fingerprint density at radius 3 is 2.58 bits per heavy atom. The molecular weight excluding hydrogens is 380 g/mol. The van der Waals surface area contributed by atoms with Crippen molar-refractivity contribution in [3.05, 3.63) is 64.7 Å². The maximum Gasteiger partial charge on any atom is 0.118 e. The van der Waals surface area contributed by atoms with Crippen molar-refractivity contribution in [2.75, 3.05) is 39.8 Å². The summed E-state index contributed by atoms with van der Waals surface area (Å²) >= 11 is 0. The summed E-state index contributed by atoms with van der Waals surface area (Å²) in [5.74, 6) is 8.28. The van der Waals surface area contributed by atoms with Crippen molar-refractivity contribution < 1.29 is 4.74 Å². The maximum atomic E-state index is 5.37. The quantitative estimate of drug-likeness (QED) is 0.639. The number of likely N-dealkylation sites (tertiary alicyclic amines) is 1. The Bertz CT molecular complexity index is 949. The van der Waals surface area contributed by atoms with Crippen molar-refractivity contribution in [2.45, 2.75) is 50.5 Å². The SMILES string of the molecule is COc1ccc([C@@H]2CN3CCC[C@H]3c3cc(C#CCCN4CCCCC4)ccc32)cc1. The molecule has 162 valence electrons. The number of hydrogen-bond donors (Lipinski definition) is 0. The zero-order chi connectivity index (χ0) is 21.0. The zero-order valence-electron chi connectivity index (χ0n) is 18.8. The van der Waals surface area contributed by atoms with Gasteiger partial charge in [0.05, 0.1) is 7.11 Å². The largest absolute Gasteiger partial charge is 0.497 e. The summed E-state index contributed by atoms with van der Waals surface area (Å²) in [6.07, 6.45) is 7.64. The molecule has 31 heavy (non-hydrogen) atoms. The van der Waals surface area contributed by atoms with E-state index in [1.807, 2.05) is 0 Å². The number of piperidine rings is 1. The first kappa shape index (κ1) is 20.6. The first-order chi connectivity index (χ1) is 15.3. The van der Waals surface area contributed by atoms with Gasteiger partial charge in [0.2, 0.25) is 0 Å². The summed E-state index contributed by atoms with van der Waals surface area (Å²) in [5, 5.41) is 0. The lowest BCUT2D eigenvalue weighted by Crippen LogP contribution is -2.34. The molecule has 2 aromatic rings. The molecule has 0 saturated carbocycles. The Morgan fingerprint density at radius 2 is 1.77 bits per heavy atom. The number of benzene rings is 2. The van der Waals surface area contributed by atoms with Gasteiger partial charge in [-0.2, -0.15) is 0 Å². The second kappa shape index (κ2) is 9.47. The fraction of sp³-hybridized carbons (Fsp3) is 0.500. The lowest BCUT2D eigenvalue weighted by molar-refractivity contribution is 0.230. The number of fused-ring (bicyclic) bond motifs is 3. The smallest absolute Gasteiger partial charge is 0.118 e. The first-order valence-corrected chi connectivity index (χ1v) is 12.0. The van der Waals surface area contributed by atoms with Crippen LogP contribution in [0.1, 0.15) is 72.7 Å². The summed E-state index contributed by atoms with van der Waals surface area (Å²) in [6, 6.07) is 16.2. The van der Waals surface area contributed by atoms with Crippen LogP contribution in [0.15, 0.2) is 42.5 Å². The van der Waals surface area contributed by atoms with E-state index in [-0.39, 0.29) is 0 Å². The van der Waals surface area contributed by atoms with E-state index >= 15 is 0 Å². The van der Waals surface area contributed by atoms with Gasteiger partial charge in [-0.15, -0.1) is 0 Å². The average Bonchev–Trinajstić information content (AvgIpc) is 3.31. The van der Waals surface area contributed by atoms with Gasteiger partial charge < -0.3 is 9.64 Å². The van der Waals surface area contributed by atoms with Gasteiger partial charge in [-0.25, -0.2) is 0 Å². The van der Waals surface area contributed by atoms with Gasteiger partial charge in [-0.3, -0.25) is 4.90 Å².